The molecule has 0 amide bonds. The highest BCUT2D eigenvalue weighted by atomic mass is 32.2. The summed E-state index contributed by atoms with van der Waals surface area (Å²) in [6, 6.07) is 17.8. The monoisotopic (exact) mass is 528 g/mol. The van der Waals surface area contributed by atoms with Crippen LogP contribution in [0.15, 0.2) is 60.8 Å². The van der Waals surface area contributed by atoms with E-state index in [-0.39, 0.29) is 18.0 Å². The first-order valence-corrected chi connectivity index (χ1v) is 14.1. The van der Waals surface area contributed by atoms with E-state index in [9.17, 15) is 8.42 Å². The Morgan fingerprint density at radius 2 is 1.46 bits per heavy atom. The van der Waals surface area contributed by atoms with Gasteiger partial charge in [0.05, 0.1) is 18.6 Å². The normalized spacial score (nSPS) is 11.8. The van der Waals surface area contributed by atoms with Gasteiger partial charge >= 0.3 is 0 Å². The number of nitrogens with zero attached hydrogens (tertiary/aromatic N) is 2. The maximum atomic E-state index is 11.4. The Morgan fingerprint density at radius 3 is 2.05 bits per heavy atom. The van der Waals surface area contributed by atoms with Crippen molar-refractivity contribution in [1.29, 1.82) is 0 Å². The van der Waals surface area contributed by atoms with Crippen molar-refractivity contribution in [3.05, 3.63) is 77.6 Å². The Balaban J connectivity index is 1.52. The second kappa shape index (κ2) is 13.4. The first-order valence-electron chi connectivity index (χ1n) is 12.2. The van der Waals surface area contributed by atoms with Gasteiger partial charge in [-0.15, -0.1) is 0 Å². The van der Waals surface area contributed by atoms with Crippen molar-refractivity contribution < 1.29 is 22.6 Å². The Hall–Kier alpha value is -3.21. The van der Waals surface area contributed by atoms with Gasteiger partial charge in [-0.1, -0.05) is 38.1 Å². The molecule has 2 aromatic carbocycles. The van der Waals surface area contributed by atoms with Gasteiger partial charge in [0.1, 0.15) is 18.1 Å². The molecule has 0 bridgehead atoms. The van der Waals surface area contributed by atoms with Crippen LogP contribution in [-0.4, -0.2) is 51.0 Å². The molecular formula is C27H36N4O5S. The first kappa shape index (κ1) is 28.4. The smallest absolute Gasteiger partial charge is 0.236 e. The minimum absolute atomic E-state index is 0.0180. The van der Waals surface area contributed by atoms with Crippen LogP contribution < -0.4 is 19.9 Å². The zero-order valence-electron chi connectivity index (χ0n) is 21.6. The molecule has 0 fully saturated rings. The maximum Gasteiger partial charge on any atom is 0.236 e. The lowest BCUT2D eigenvalue weighted by molar-refractivity contribution is 0.118. The van der Waals surface area contributed by atoms with Crippen molar-refractivity contribution in [3.63, 3.8) is 0 Å². The molecule has 0 aliphatic heterocycles. The van der Waals surface area contributed by atoms with Crippen LogP contribution in [0.4, 0.5) is 5.95 Å². The highest BCUT2D eigenvalue weighted by Gasteiger charge is 2.23. The summed E-state index contributed by atoms with van der Waals surface area (Å²) in [5, 5.41) is 0. The molecule has 1 aromatic heterocycles. The average molecular weight is 529 g/mol. The van der Waals surface area contributed by atoms with Crippen LogP contribution in [0.3, 0.4) is 0 Å². The third-order valence-corrected chi connectivity index (χ3v) is 6.28. The number of nitrogens with one attached hydrogen (secondary N) is 1. The zero-order valence-corrected chi connectivity index (χ0v) is 22.5. The minimum Gasteiger partial charge on any atom is -0.494 e. The lowest BCUT2D eigenvalue weighted by atomic mass is 9.78. The van der Waals surface area contributed by atoms with Crippen LogP contribution in [0.25, 0.3) is 0 Å². The molecule has 0 aliphatic rings. The highest BCUT2D eigenvalue weighted by Crippen LogP contribution is 2.33. The first-order chi connectivity index (χ1) is 17.7. The van der Waals surface area contributed by atoms with Gasteiger partial charge in [0.2, 0.25) is 16.0 Å². The molecule has 3 N–H and O–H groups in total. The summed E-state index contributed by atoms with van der Waals surface area (Å²) < 4.78 is 42.2. The highest BCUT2D eigenvalue weighted by molar-refractivity contribution is 7.91. The van der Waals surface area contributed by atoms with Crippen molar-refractivity contribution in [2.45, 2.75) is 38.7 Å². The van der Waals surface area contributed by atoms with E-state index >= 15 is 0 Å². The number of aromatic nitrogens is 2. The van der Waals surface area contributed by atoms with Crippen molar-refractivity contribution in [2.24, 2.45) is 5.73 Å². The van der Waals surface area contributed by atoms with E-state index in [4.69, 9.17) is 19.9 Å². The summed E-state index contributed by atoms with van der Waals surface area (Å²) in [6.45, 7) is 7.16. The Morgan fingerprint density at radius 1 is 0.865 bits per heavy atom. The molecule has 10 heteroatoms. The molecule has 9 nitrogen and oxygen atoms in total. The van der Waals surface area contributed by atoms with Crippen LogP contribution >= 0.6 is 0 Å². The Kier molecular flexibility index (Phi) is 10.2. The number of ether oxygens (including phenoxy) is 3. The summed E-state index contributed by atoms with van der Waals surface area (Å²) in [4.78, 5) is 8.08. The van der Waals surface area contributed by atoms with E-state index in [1.165, 1.54) is 11.8 Å². The Bertz CT molecular complexity index is 1220. The molecule has 0 radical (unpaired) electrons. The quantitative estimate of drug-likeness (QED) is 0.285. The van der Waals surface area contributed by atoms with Crippen molar-refractivity contribution in [2.75, 3.05) is 37.3 Å². The van der Waals surface area contributed by atoms with Crippen LogP contribution in [-0.2, 0) is 26.8 Å². The molecule has 0 spiro atoms. The maximum absolute atomic E-state index is 11.4. The molecule has 0 unspecified atom stereocenters. The van der Waals surface area contributed by atoms with E-state index in [1.807, 2.05) is 36.4 Å². The lowest BCUT2D eigenvalue weighted by Gasteiger charge is -2.26. The molecule has 200 valence electrons. The summed E-state index contributed by atoms with van der Waals surface area (Å²) >= 11 is 0. The van der Waals surface area contributed by atoms with E-state index in [2.05, 4.69) is 40.7 Å². The number of hydrogen-bond donors (Lipinski definition) is 2. The fraction of sp³-hybridized carbons (Fsp3) is 0.407. The standard InChI is InChI=1S/C27H36N4O5S/c1-27(2,21-6-10-24(11-7-21)35-19-5-18-34-17-4-15-28)22-8-12-25(13-9-22)36-20-23-14-16-29-26(30-23)31-37(3,32)33/h6-14,16H,4-5,15,17-20,28H2,1-3H3,(H,29,30,31). The van der Waals surface area contributed by atoms with Crippen LogP contribution in [0.2, 0.25) is 0 Å². The van der Waals surface area contributed by atoms with Crippen molar-refractivity contribution >= 4 is 16.0 Å². The van der Waals surface area contributed by atoms with Gasteiger partial charge in [-0.2, -0.15) is 0 Å². The van der Waals surface area contributed by atoms with Gasteiger partial charge in [-0.05, 0) is 54.4 Å². The van der Waals surface area contributed by atoms with E-state index in [0.29, 0.717) is 37.8 Å². The SMILES string of the molecule is CC(C)(c1ccc(OCCCOCCCN)cc1)c1ccc(OCc2ccnc(NS(C)(=O)=O)n2)cc1. The molecule has 0 saturated carbocycles. The number of hydrogen-bond acceptors (Lipinski definition) is 8. The van der Waals surface area contributed by atoms with Gasteiger partial charge in [-0.3, -0.25) is 4.72 Å². The van der Waals surface area contributed by atoms with Crippen LogP contribution in [0.5, 0.6) is 11.5 Å². The molecule has 37 heavy (non-hydrogen) atoms. The van der Waals surface area contributed by atoms with Crippen molar-refractivity contribution in [3.8, 4) is 11.5 Å². The predicted octanol–water partition coefficient (Wildman–Crippen LogP) is 3.89. The molecular weight excluding hydrogens is 492 g/mol. The number of nitrogens with two attached hydrogens (primary N) is 1. The van der Waals surface area contributed by atoms with E-state index < -0.39 is 10.0 Å². The third-order valence-electron chi connectivity index (χ3n) is 5.72. The summed E-state index contributed by atoms with van der Waals surface area (Å²) in [7, 11) is -3.45. The number of anilines is 1. The fourth-order valence-corrected chi connectivity index (χ4v) is 4.02. The van der Waals surface area contributed by atoms with Crippen molar-refractivity contribution in [1.82, 2.24) is 9.97 Å². The third kappa shape index (κ3) is 9.31. The lowest BCUT2D eigenvalue weighted by Crippen LogP contribution is -2.18. The summed E-state index contributed by atoms with van der Waals surface area (Å²) in [5.74, 6) is 1.54. The zero-order chi connectivity index (χ0) is 26.7. The predicted molar refractivity (Wildman–Crippen MR) is 144 cm³/mol. The fourth-order valence-electron chi connectivity index (χ4n) is 3.59. The number of benzene rings is 2. The van der Waals surface area contributed by atoms with Gasteiger partial charge in [0.25, 0.3) is 0 Å². The van der Waals surface area contributed by atoms with Gasteiger partial charge in [0, 0.05) is 31.2 Å². The second-order valence-corrected chi connectivity index (χ2v) is 10.9. The topological polar surface area (TPSA) is 126 Å². The Labute approximate surface area is 219 Å². The molecule has 3 rings (SSSR count). The molecule has 3 aromatic rings. The minimum atomic E-state index is -3.45. The van der Waals surface area contributed by atoms with Gasteiger partial charge in [-0.25, -0.2) is 18.4 Å². The summed E-state index contributed by atoms with van der Waals surface area (Å²) in [5.41, 5.74) is 8.11. The average Bonchev–Trinajstić information content (AvgIpc) is 2.87. The van der Waals surface area contributed by atoms with Gasteiger partial charge in [0.15, 0.2) is 0 Å². The molecule has 1 heterocycles. The molecule has 0 aliphatic carbocycles. The van der Waals surface area contributed by atoms with E-state index in [0.717, 1.165) is 30.4 Å². The molecule has 0 atom stereocenters. The van der Waals surface area contributed by atoms with Crippen LogP contribution in [0.1, 0.15) is 43.5 Å². The largest absolute Gasteiger partial charge is 0.494 e. The number of sulfonamides is 1. The second-order valence-electron chi connectivity index (χ2n) is 9.16. The van der Waals surface area contributed by atoms with Gasteiger partial charge < -0.3 is 19.9 Å². The summed E-state index contributed by atoms with van der Waals surface area (Å²) in [6.07, 6.45) is 4.25. The number of rotatable bonds is 15. The molecule has 0 saturated heterocycles. The van der Waals surface area contributed by atoms with E-state index in [1.54, 1.807) is 6.07 Å². The van der Waals surface area contributed by atoms with Crippen LogP contribution in [0, 0.1) is 0 Å².